The van der Waals surface area contributed by atoms with Gasteiger partial charge >= 0.3 is 6.09 Å². The number of pyridine rings is 1. The molecule has 2 aliphatic rings. The van der Waals surface area contributed by atoms with E-state index in [0.29, 0.717) is 73.1 Å². The standard InChI is InChI=1S/C32H38N4O6/c1-32(2,3)42-31(38)36-16-14-21(15-17-36)20-33-29(37)22-8-10-23(11-9-22)34-26-13-12-25(35-30(26)39-4)24-6-5-7-27-28(24)41-19-18-40-27/h5-13,21,34H,14-20H2,1-4H3,(H,33,37). The Morgan fingerprint density at radius 2 is 1.74 bits per heavy atom. The molecular weight excluding hydrogens is 536 g/mol. The van der Waals surface area contributed by atoms with Crippen LogP contribution in [0.4, 0.5) is 16.2 Å². The number of benzene rings is 2. The van der Waals surface area contributed by atoms with E-state index in [4.69, 9.17) is 23.9 Å². The van der Waals surface area contributed by atoms with Gasteiger partial charge in [0.2, 0.25) is 5.88 Å². The Morgan fingerprint density at radius 3 is 2.45 bits per heavy atom. The number of fused-ring (bicyclic) bond motifs is 1. The van der Waals surface area contributed by atoms with Crippen LogP contribution in [0.2, 0.25) is 0 Å². The van der Waals surface area contributed by atoms with E-state index in [2.05, 4.69) is 10.6 Å². The van der Waals surface area contributed by atoms with Crippen molar-refractivity contribution in [1.82, 2.24) is 15.2 Å². The van der Waals surface area contributed by atoms with Gasteiger partial charge in [-0.15, -0.1) is 0 Å². The number of amides is 2. The quantitative estimate of drug-likeness (QED) is 0.373. The minimum Gasteiger partial charge on any atom is -0.486 e. The molecule has 10 heteroatoms. The lowest BCUT2D eigenvalue weighted by molar-refractivity contribution is 0.0183. The summed E-state index contributed by atoms with van der Waals surface area (Å²) in [5, 5.41) is 6.36. The zero-order valence-electron chi connectivity index (χ0n) is 24.6. The van der Waals surface area contributed by atoms with E-state index >= 15 is 0 Å². The summed E-state index contributed by atoms with van der Waals surface area (Å²) in [5.74, 6) is 2.00. The molecule has 0 radical (unpaired) electrons. The molecule has 1 saturated heterocycles. The second kappa shape index (κ2) is 12.6. The van der Waals surface area contributed by atoms with Crippen LogP contribution in [0.3, 0.4) is 0 Å². The van der Waals surface area contributed by atoms with Crippen LogP contribution in [-0.2, 0) is 4.74 Å². The minimum atomic E-state index is -0.505. The van der Waals surface area contributed by atoms with Gasteiger partial charge in [-0.25, -0.2) is 9.78 Å². The predicted molar refractivity (Wildman–Crippen MR) is 160 cm³/mol. The molecule has 2 aliphatic heterocycles. The molecule has 222 valence electrons. The lowest BCUT2D eigenvalue weighted by atomic mass is 9.97. The second-order valence-electron chi connectivity index (χ2n) is 11.4. The molecule has 0 saturated carbocycles. The highest BCUT2D eigenvalue weighted by atomic mass is 16.6. The van der Waals surface area contributed by atoms with Crippen LogP contribution < -0.4 is 24.8 Å². The maximum Gasteiger partial charge on any atom is 0.410 e. The van der Waals surface area contributed by atoms with Gasteiger partial charge in [-0.05, 0) is 88.1 Å². The van der Waals surface area contributed by atoms with Gasteiger partial charge in [0.15, 0.2) is 11.5 Å². The molecule has 0 spiro atoms. The van der Waals surface area contributed by atoms with Crippen molar-refractivity contribution in [2.75, 3.05) is 45.3 Å². The van der Waals surface area contributed by atoms with Gasteiger partial charge in [-0.3, -0.25) is 4.79 Å². The molecule has 0 unspecified atom stereocenters. The summed E-state index contributed by atoms with van der Waals surface area (Å²) in [4.78, 5) is 31.5. The third-order valence-corrected chi connectivity index (χ3v) is 7.14. The summed E-state index contributed by atoms with van der Waals surface area (Å²) >= 11 is 0. The fourth-order valence-corrected chi connectivity index (χ4v) is 4.96. The number of para-hydroxylation sites is 1. The van der Waals surface area contributed by atoms with Crippen LogP contribution in [0.5, 0.6) is 17.4 Å². The smallest absolute Gasteiger partial charge is 0.410 e. The molecule has 42 heavy (non-hydrogen) atoms. The topological polar surface area (TPSA) is 111 Å². The van der Waals surface area contributed by atoms with Gasteiger partial charge in [0.25, 0.3) is 5.91 Å². The molecule has 5 rings (SSSR count). The van der Waals surface area contributed by atoms with Crippen molar-refractivity contribution in [3.8, 4) is 28.6 Å². The number of rotatable bonds is 7. The van der Waals surface area contributed by atoms with Crippen molar-refractivity contribution >= 4 is 23.4 Å². The first-order chi connectivity index (χ1) is 20.2. The second-order valence-corrected chi connectivity index (χ2v) is 11.4. The number of hydrogen-bond acceptors (Lipinski definition) is 8. The Labute approximate surface area is 246 Å². The van der Waals surface area contributed by atoms with E-state index in [1.165, 1.54) is 0 Å². The van der Waals surface area contributed by atoms with Gasteiger partial charge in [0.1, 0.15) is 24.5 Å². The molecule has 1 aromatic heterocycles. The predicted octanol–water partition coefficient (Wildman–Crippen LogP) is 5.65. The van der Waals surface area contributed by atoms with E-state index in [-0.39, 0.29) is 12.0 Å². The van der Waals surface area contributed by atoms with Crippen molar-refractivity contribution < 1.29 is 28.5 Å². The number of carbonyl (C=O) groups excluding carboxylic acids is 2. The largest absolute Gasteiger partial charge is 0.486 e. The fraction of sp³-hybridized carbons (Fsp3) is 0.406. The fourth-order valence-electron chi connectivity index (χ4n) is 4.96. The minimum absolute atomic E-state index is 0.128. The van der Waals surface area contributed by atoms with Crippen LogP contribution in [0.1, 0.15) is 44.0 Å². The molecule has 2 amide bonds. The third-order valence-electron chi connectivity index (χ3n) is 7.14. The van der Waals surface area contributed by atoms with E-state index in [0.717, 1.165) is 24.1 Å². The monoisotopic (exact) mass is 574 g/mol. The number of methoxy groups -OCH3 is 1. The number of nitrogens with zero attached hydrogens (tertiary/aromatic N) is 2. The van der Waals surface area contributed by atoms with Gasteiger partial charge in [0, 0.05) is 36.4 Å². The maximum absolute atomic E-state index is 12.8. The van der Waals surface area contributed by atoms with Gasteiger partial charge < -0.3 is 34.5 Å². The van der Waals surface area contributed by atoms with E-state index in [1.807, 2.05) is 63.2 Å². The highest BCUT2D eigenvalue weighted by Gasteiger charge is 2.27. The van der Waals surface area contributed by atoms with Crippen LogP contribution in [0, 0.1) is 5.92 Å². The van der Waals surface area contributed by atoms with Crippen molar-refractivity contribution in [3.63, 3.8) is 0 Å². The Morgan fingerprint density at radius 1 is 1.00 bits per heavy atom. The van der Waals surface area contributed by atoms with Gasteiger partial charge in [-0.2, -0.15) is 0 Å². The van der Waals surface area contributed by atoms with Crippen LogP contribution in [0.15, 0.2) is 54.6 Å². The zero-order chi connectivity index (χ0) is 29.7. The number of anilines is 2. The Hall–Kier alpha value is -4.47. The normalized spacial score (nSPS) is 15.1. The summed E-state index contributed by atoms with van der Waals surface area (Å²) in [6.45, 7) is 8.44. The first-order valence-corrected chi connectivity index (χ1v) is 14.3. The molecule has 0 atom stereocenters. The molecule has 2 N–H and O–H groups in total. The first-order valence-electron chi connectivity index (χ1n) is 14.3. The zero-order valence-corrected chi connectivity index (χ0v) is 24.6. The summed E-state index contributed by atoms with van der Waals surface area (Å²) in [7, 11) is 1.58. The molecule has 3 heterocycles. The van der Waals surface area contributed by atoms with Crippen molar-refractivity contribution in [1.29, 1.82) is 0 Å². The number of piperidine rings is 1. The van der Waals surface area contributed by atoms with Gasteiger partial charge in [-0.1, -0.05) is 6.07 Å². The Balaban J connectivity index is 1.15. The number of hydrogen-bond donors (Lipinski definition) is 2. The van der Waals surface area contributed by atoms with E-state index in [9.17, 15) is 9.59 Å². The van der Waals surface area contributed by atoms with Crippen LogP contribution in [0.25, 0.3) is 11.3 Å². The van der Waals surface area contributed by atoms with E-state index < -0.39 is 5.60 Å². The average molecular weight is 575 g/mol. The molecule has 0 aliphatic carbocycles. The number of nitrogens with one attached hydrogen (secondary N) is 2. The number of aromatic nitrogens is 1. The molecule has 2 aromatic carbocycles. The molecule has 10 nitrogen and oxygen atoms in total. The summed E-state index contributed by atoms with van der Waals surface area (Å²) in [5.41, 5.74) is 3.10. The highest BCUT2D eigenvalue weighted by molar-refractivity contribution is 5.94. The Bertz CT molecular complexity index is 1410. The molecule has 3 aromatic rings. The molecular formula is C32H38N4O6. The summed E-state index contributed by atoms with van der Waals surface area (Å²) in [6, 6.07) is 16.8. The van der Waals surface area contributed by atoms with E-state index in [1.54, 1.807) is 24.1 Å². The third kappa shape index (κ3) is 7.05. The number of carbonyl (C=O) groups is 2. The lowest BCUT2D eigenvalue weighted by Gasteiger charge is -2.33. The molecule has 0 bridgehead atoms. The summed E-state index contributed by atoms with van der Waals surface area (Å²) < 4.78 is 22.6. The number of likely N-dealkylation sites (tertiary alicyclic amines) is 1. The summed E-state index contributed by atoms with van der Waals surface area (Å²) in [6.07, 6.45) is 1.37. The molecule has 1 fully saturated rings. The SMILES string of the molecule is COc1nc(-c2cccc3c2OCCO3)ccc1Nc1ccc(C(=O)NCC2CCN(C(=O)OC(C)(C)C)CC2)cc1. The first kappa shape index (κ1) is 29.0. The lowest BCUT2D eigenvalue weighted by Crippen LogP contribution is -2.43. The van der Waals surface area contributed by atoms with Crippen LogP contribution in [-0.4, -0.2) is 67.4 Å². The number of ether oxygens (including phenoxy) is 4. The van der Waals surface area contributed by atoms with Crippen molar-refractivity contribution in [3.05, 3.63) is 60.2 Å². The highest BCUT2D eigenvalue weighted by Crippen LogP contribution is 2.40. The van der Waals surface area contributed by atoms with Crippen LogP contribution >= 0.6 is 0 Å². The average Bonchev–Trinajstić information content (AvgIpc) is 2.99. The van der Waals surface area contributed by atoms with Crippen molar-refractivity contribution in [2.24, 2.45) is 5.92 Å². The van der Waals surface area contributed by atoms with Gasteiger partial charge in [0.05, 0.1) is 12.8 Å². The Kier molecular flexibility index (Phi) is 8.70. The van der Waals surface area contributed by atoms with Crippen molar-refractivity contribution in [2.45, 2.75) is 39.2 Å². The maximum atomic E-state index is 12.8.